The molecule has 1 aromatic heterocycles. The predicted octanol–water partition coefficient (Wildman–Crippen LogP) is 1.59. The molecule has 1 saturated heterocycles. The molecule has 2 aromatic rings. The van der Waals surface area contributed by atoms with Crippen LogP contribution in [-0.4, -0.2) is 51.5 Å². The molecule has 0 aliphatic carbocycles. The number of aryl methyl sites for hydroxylation is 1. The third-order valence-electron chi connectivity index (χ3n) is 4.12. The summed E-state index contributed by atoms with van der Waals surface area (Å²) in [5, 5.41) is 0. The Morgan fingerprint density at radius 1 is 1.19 bits per heavy atom. The predicted molar refractivity (Wildman–Crippen MR) is 96.5 cm³/mol. The number of rotatable bonds is 8. The fourth-order valence-electron chi connectivity index (χ4n) is 2.68. The van der Waals surface area contributed by atoms with Crippen LogP contribution in [0.4, 0.5) is 0 Å². The van der Waals surface area contributed by atoms with Crippen molar-refractivity contribution < 1.29 is 27.2 Å². The fraction of sp³-hybridized carbons (Fsp3) is 0.389. The molecule has 1 aromatic carbocycles. The quantitative estimate of drug-likeness (QED) is 0.539. The second kappa shape index (κ2) is 9.14. The zero-order valence-corrected chi connectivity index (χ0v) is 15.6. The van der Waals surface area contributed by atoms with Gasteiger partial charge in [-0.25, -0.2) is 13.9 Å². The van der Waals surface area contributed by atoms with Gasteiger partial charge in [0, 0.05) is 25.1 Å². The Hall–Kier alpha value is -2.20. The third kappa shape index (κ3) is 5.16. The number of amides is 1. The second-order valence-electron chi connectivity index (χ2n) is 6.01. The summed E-state index contributed by atoms with van der Waals surface area (Å²) in [6.07, 6.45) is 2.99. The van der Waals surface area contributed by atoms with Gasteiger partial charge in [0.2, 0.25) is 10.0 Å². The van der Waals surface area contributed by atoms with Crippen molar-refractivity contribution in [2.45, 2.75) is 17.7 Å². The molecule has 1 fully saturated rings. The van der Waals surface area contributed by atoms with Gasteiger partial charge in [-0.2, -0.15) is 4.31 Å². The molecule has 0 radical (unpaired) electrons. The van der Waals surface area contributed by atoms with Gasteiger partial charge < -0.3 is 9.15 Å². The smallest absolute Gasteiger partial charge is 0.274 e. The normalized spacial score (nSPS) is 15.6. The molecule has 0 atom stereocenters. The van der Waals surface area contributed by atoms with E-state index in [-0.39, 0.29) is 10.5 Å². The Balaban J connectivity index is 1.53. The van der Waals surface area contributed by atoms with Crippen LogP contribution >= 0.6 is 0 Å². The minimum Gasteiger partial charge on any atom is -0.469 e. The van der Waals surface area contributed by atoms with Gasteiger partial charge in [-0.1, -0.05) is 6.07 Å². The summed E-state index contributed by atoms with van der Waals surface area (Å²) in [4.78, 5) is 17.5. The van der Waals surface area contributed by atoms with E-state index in [4.69, 9.17) is 14.0 Å². The molecule has 0 unspecified atom stereocenters. The molecule has 1 N–H and O–H groups in total. The SMILES string of the molecule is O=C(NOCCCc1ccco1)c1cccc(S(=O)(=O)N2CCOCC2)c1. The Bertz CT molecular complexity index is 844. The van der Waals surface area contributed by atoms with Crippen LogP contribution in [-0.2, 0) is 26.0 Å². The standard InChI is InChI=1S/C18H22N2O6S/c21-18(19-26-11-3-6-16-5-2-10-25-16)15-4-1-7-17(14-15)27(22,23)20-8-12-24-13-9-20/h1-2,4-5,7,10,14H,3,6,8-9,11-13H2,(H,19,21). The van der Waals surface area contributed by atoms with Crippen molar-refractivity contribution >= 4 is 15.9 Å². The van der Waals surface area contributed by atoms with Crippen LogP contribution in [0.25, 0.3) is 0 Å². The van der Waals surface area contributed by atoms with Gasteiger partial charge in [0.1, 0.15) is 5.76 Å². The van der Waals surface area contributed by atoms with Crippen LogP contribution < -0.4 is 5.48 Å². The highest BCUT2D eigenvalue weighted by Crippen LogP contribution is 2.18. The van der Waals surface area contributed by atoms with E-state index in [1.807, 2.05) is 12.1 Å². The number of sulfonamides is 1. The van der Waals surface area contributed by atoms with Crippen molar-refractivity contribution in [2.75, 3.05) is 32.9 Å². The van der Waals surface area contributed by atoms with E-state index >= 15 is 0 Å². The number of furan rings is 1. The first kappa shape index (κ1) is 19.6. The van der Waals surface area contributed by atoms with E-state index in [0.29, 0.717) is 45.8 Å². The van der Waals surface area contributed by atoms with E-state index < -0.39 is 15.9 Å². The lowest BCUT2D eigenvalue weighted by Gasteiger charge is -2.26. The minimum atomic E-state index is -3.65. The first-order valence-electron chi connectivity index (χ1n) is 8.70. The topological polar surface area (TPSA) is 98.1 Å². The largest absolute Gasteiger partial charge is 0.469 e. The molecule has 2 heterocycles. The average Bonchev–Trinajstić information content (AvgIpc) is 3.22. The summed E-state index contributed by atoms with van der Waals surface area (Å²) in [6, 6.07) is 9.60. The molecule has 1 amide bonds. The number of benzene rings is 1. The Kier molecular flexibility index (Phi) is 6.62. The lowest BCUT2D eigenvalue weighted by molar-refractivity contribution is 0.0301. The van der Waals surface area contributed by atoms with Crippen LogP contribution in [0.5, 0.6) is 0 Å². The van der Waals surface area contributed by atoms with Gasteiger partial charge in [0.05, 0.1) is 31.0 Å². The number of ether oxygens (including phenoxy) is 1. The number of hydrogen-bond donors (Lipinski definition) is 1. The van der Waals surface area contributed by atoms with Crippen LogP contribution in [0.15, 0.2) is 52.0 Å². The minimum absolute atomic E-state index is 0.0786. The molecule has 1 aliphatic heterocycles. The molecule has 1 aliphatic rings. The van der Waals surface area contributed by atoms with E-state index in [2.05, 4.69) is 5.48 Å². The molecular weight excluding hydrogens is 372 g/mol. The van der Waals surface area contributed by atoms with Crippen LogP contribution in [0, 0.1) is 0 Å². The summed E-state index contributed by atoms with van der Waals surface area (Å²) < 4.78 is 37.1. The number of hydroxylamine groups is 1. The van der Waals surface area contributed by atoms with Gasteiger partial charge in [-0.3, -0.25) is 9.63 Å². The molecule has 27 heavy (non-hydrogen) atoms. The molecular formula is C18H22N2O6S. The zero-order chi connectivity index (χ0) is 19.1. The van der Waals surface area contributed by atoms with Crippen LogP contribution in [0.1, 0.15) is 22.5 Å². The fourth-order valence-corrected chi connectivity index (χ4v) is 4.14. The molecule has 0 saturated carbocycles. The summed E-state index contributed by atoms with van der Waals surface area (Å²) >= 11 is 0. The van der Waals surface area contributed by atoms with Gasteiger partial charge in [0.25, 0.3) is 5.91 Å². The van der Waals surface area contributed by atoms with E-state index in [1.165, 1.54) is 16.4 Å². The molecule has 146 valence electrons. The highest BCUT2D eigenvalue weighted by Gasteiger charge is 2.26. The highest BCUT2D eigenvalue weighted by atomic mass is 32.2. The van der Waals surface area contributed by atoms with Crippen LogP contribution in [0.3, 0.4) is 0 Å². The Labute approximate surface area is 158 Å². The first-order valence-corrected chi connectivity index (χ1v) is 10.1. The zero-order valence-electron chi connectivity index (χ0n) is 14.8. The Morgan fingerprint density at radius 3 is 2.74 bits per heavy atom. The summed E-state index contributed by atoms with van der Waals surface area (Å²) in [5.74, 6) is 0.359. The van der Waals surface area contributed by atoms with Crippen LogP contribution in [0.2, 0.25) is 0 Å². The van der Waals surface area contributed by atoms with E-state index in [9.17, 15) is 13.2 Å². The maximum atomic E-state index is 12.7. The number of carbonyl (C=O) groups is 1. The maximum absolute atomic E-state index is 12.7. The first-order chi connectivity index (χ1) is 13.1. The van der Waals surface area contributed by atoms with Crippen molar-refractivity contribution in [1.82, 2.24) is 9.79 Å². The summed E-state index contributed by atoms with van der Waals surface area (Å²) in [6.45, 7) is 1.66. The summed E-state index contributed by atoms with van der Waals surface area (Å²) in [7, 11) is -3.65. The van der Waals surface area contributed by atoms with E-state index in [1.54, 1.807) is 18.4 Å². The molecule has 3 rings (SSSR count). The molecule has 0 bridgehead atoms. The van der Waals surface area contributed by atoms with E-state index in [0.717, 1.165) is 5.76 Å². The second-order valence-corrected chi connectivity index (χ2v) is 7.94. The van der Waals surface area contributed by atoms with Crippen molar-refractivity contribution in [3.05, 3.63) is 54.0 Å². The summed E-state index contributed by atoms with van der Waals surface area (Å²) in [5.41, 5.74) is 2.56. The van der Waals surface area contributed by atoms with Gasteiger partial charge >= 0.3 is 0 Å². The lowest BCUT2D eigenvalue weighted by Crippen LogP contribution is -2.40. The van der Waals surface area contributed by atoms with Crippen molar-refractivity contribution in [2.24, 2.45) is 0 Å². The third-order valence-corrected chi connectivity index (χ3v) is 6.01. The molecule has 0 spiro atoms. The number of morpholine rings is 1. The van der Waals surface area contributed by atoms with Gasteiger partial charge in [0.15, 0.2) is 0 Å². The highest BCUT2D eigenvalue weighted by molar-refractivity contribution is 7.89. The maximum Gasteiger partial charge on any atom is 0.274 e. The monoisotopic (exact) mass is 394 g/mol. The average molecular weight is 394 g/mol. The Morgan fingerprint density at radius 2 is 2.00 bits per heavy atom. The van der Waals surface area contributed by atoms with Crippen molar-refractivity contribution in [3.8, 4) is 0 Å². The van der Waals surface area contributed by atoms with Gasteiger partial charge in [-0.15, -0.1) is 0 Å². The van der Waals surface area contributed by atoms with Crippen molar-refractivity contribution in [3.63, 3.8) is 0 Å². The number of carbonyl (C=O) groups excluding carboxylic acids is 1. The van der Waals surface area contributed by atoms with Gasteiger partial charge in [-0.05, 0) is 36.8 Å². The molecule has 9 heteroatoms. The number of nitrogens with one attached hydrogen (secondary N) is 1. The molecule has 8 nitrogen and oxygen atoms in total. The number of nitrogens with zero attached hydrogens (tertiary/aromatic N) is 1. The van der Waals surface area contributed by atoms with Crippen molar-refractivity contribution in [1.29, 1.82) is 0 Å². The number of hydrogen-bond acceptors (Lipinski definition) is 6. The lowest BCUT2D eigenvalue weighted by atomic mass is 10.2.